The molecule has 1 rings (SSSR count). The number of aryl methyl sites for hydroxylation is 1. The van der Waals surface area contributed by atoms with Gasteiger partial charge in [0.25, 0.3) is 0 Å². The number of amides is 1. The van der Waals surface area contributed by atoms with E-state index in [4.69, 9.17) is 4.74 Å². The standard InChI is InChI=1S/C25H39NO4/c1-5-6-7-8-9-13-24(29)23-16-14-22(15-17-23)12-10-11-18-25(4,26-20(2)27)19-30-21(3)28/h14-17H,5-13,18-19H2,1-4H3,(H,26,27). The zero-order chi connectivity index (χ0) is 22.4. The molecule has 30 heavy (non-hydrogen) atoms. The SMILES string of the molecule is CCCCCCCC(=O)c1ccc(CCCCC(C)(COC(C)=O)NC(C)=O)cc1. The van der Waals surface area contributed by atoms with E-state index in [0.29, 0.717) is 6.42 Å². The summed E-state index contributed by atoms with van der Waals surface area (Å²) in [5, 5.41) is 2.90. The van der Waals surface area contributed by atoms with E-state index < -0.39 is 5.54 Å². The van der Waals surface area contributed by atoms with Gasteiger partial charge in [-0.2, -0.15) is 0 Å². The third kappa shape index (κ3) is 11.1. The molecule has 1 atom stereocenters. The van der Waals surface area contributed by atoms with Gasteiger partial charge in [-0.25, -0.2) is 0 Å². The normalized spacial score (nSPS) is 12.8. The van der Waals surface area contributed by atoms with Gasteiger partial charge in [0.2, 0.25) is 5.91 Å². The zero-order valence-corrected chi connectivity index (χ0v) is 19.2. The van der Waals surface area contributed by atoms with E-state index in [9.17, 15) is 14.4 Å². The van der Waals surface area contributed by atoms with Crippen LogP contribution in [0.25, 0.3) is 0 Å². The van der Waals surface area contributed by atoms with Crippen LogP contribution in [-0.2, 0) is 20.7 Å². The Kier molecular flexibility index (Phi) is 12.0. The molecule has 0 radical (unpaired) electrons. The molecule has 5 heteroatoms. The van der Waals surface area contributed by atoms with Crippen molar-refractivity contribution in [3.63, 3.8) is 0 Å². The number of hydrogen-bond acceptors (Lipinski definition) is 4. The minimum absolute atomic E-state index is 0.129. The first-order valence-corrected chi connectivity index (χ1v) is 11.3. The van der Waals surface area contributed by atoms with E-state index >= 15 is 0 Å². The van der Waals surface area contributed by atoms with Gasteiger partial charge in [-0.15, -0.1) is 0 Å². The molecule has 0 fully saturated rings. The second-order valence-corrected chi connectivity index (χ2v) is 8.51. The summed E-state index contributed by atoms with van der Waals surface area (Å²) in [6.45, 7) is 7.11. The van der Waals surface area contributed by atoms with Crippen molar-refractivity contribution in [3.8, 4) is 0 Å². The Labute approximate surface area is 182 Å². The smallest absolute Gasteiger partial charge is 0.302 e. The number of nitrogens with one attached hydrogen (secondary N) is 1. The van der Waals surface area contributed by atoms with Crippen LogP contribution in [0.3, 0.4) is 0 Å². The Morgan fingerprint density at radius 1 is 0.933 bits per heavy atom. The minimum atomic E-state index is -0.551. The number of benzene rings is 1. The minimum Gasteiger partial charge on any atom is -0.463 e. The molecule has 1 unspecified atom stereocenters. The lowest BCUT2D eigenvalue weighted by Crippen LogP contribution is -2.49. The third-order valence-corrected chi connectivity index (χ3v) is 5.30. The largest absolute Gasteiger partial charge is 0.463 e. The van der Waals surface area contributed by atoms with Crippen LogP contribution in [0.4, 0.5) is 0 Å². The number of ketones is 1. The van der Waals surface area contributed by atoms with Gasteiger partial charge in [-0.05, 0) is 38.2 Å². The predicted octanol–water partition coefficient (Wildman–Crippen LogP) is 5.40. The average molecular weight is 418 g/mol. The highest BCUT2D eigenvalue weighted by atomic mass is 16.5. The van der Waals surface area contributed by atoms with Crippen LogP contribution in [0.15, 0.2) is 24.3 Å². The molecule has 0 saturated heterocycles. The number of ether oxygens (including phenoxy) is 1. The van der Waals surface area contributed by atoms with E-state index in [0.717, 1.165) is 44.1 Å². The van der Waals surface area contributed by atoms with E-state index in [2.05, 4.69) is 12.2 Å². The molecule has 0 aliphatic rings. The maximum atomic E-state index is 12.3. The molecule has 0 aromatic heterocycles. The first kappa shape index (κ1) is 25.9. The Hall–Kier alpha value is -2.17. The summed E-state index contributed by atoms with van der Waals surface area (Å²) < 4.78 is 5.12. The fourth-order valence-corrected chi connectivity index (χ4v) is 3.59. The fourth-order valence-electron chi connectivity index (χ4n) is 3.59. The van der Waals surface area contributed by atoms with Crippen molar-refractivity contribution in [1.29, 1.82) is 0 Å². The lowest BCUT2D eigenvalue weighted by atomic mass is 9.94. The number of unbranched alkanes of at least 4 members (excludes halogenated alkanes) is 5. The van der Waals surface area contributed by atoms with Gasteiger partial charge in [0.15, 0.2) is 5.78 Å². The maximum absolute atomic E-state index is 12.3. The number of hydrogen-bond donors (Lipinski definition) is 1. The quantitative estimate of drug-likeness (QED) is 0.236. The third-order valence-electron chi connectivity index (χ3n) is 5.30. The molecule has 0 heterocycles. The molecule has 0 aliphatic carbocycles. The highest BCUT2D eigenvalue weighted by Gasteiger charge is 2.26. The molecule has 1 amide bonds. The maximum Gasteiger partial charge on any atom is 0.302 e. The van der Waals surface area contributed by atoms with E-state index in [-0.39, 0.29) is 24.3 Å². The number of Topliss-reactive ketones (excluding diaryl/α,β-unsaturated/α-hetero) is 1. The Morgan fingerprint density at radius 2 is 1.60 bits per heavy atom. The van der Waals surface area contributed by atoms with Gasteiger partial charge < -0.3 is 10.1 Å². The molecular weight excluding hydrogens is 378 g/mol. The highest BCUT2D eigenvalue weighted by Crippen LogP contribution is 2.18. The molecule has 1 aromatic rings. The Morgan fingerprint density at radius 3 is 2.20 bits per heavy atom. The first-order valence-electron chi connectivity index (χ1n) is 11.3. The van der Waals surface area contributed by atoms with Crippen molar-refractivity contribution in [2.75, 3.05) is 6.61 Å². The summed E-state index contributed by atoms with van der Waals surface area (Å²) in [6, 6.07) is 7.95. The van der Waals surface area contributed by atoms with Crippen molar-refractivity contribution < 1.29 is 19.1 Å². The van der Waals surface area contributed by atoms with Crippen molar-refractivity contribution in [3.05, 3.63) is 35.4 Å². The zero-order valence-electron chi connectivity index (χ0n) is 19.2. The molecular formula is C25H39NO4. The second-order valence-electron chi connectivity index (χ2n) is 8.51. The van der Waals surface area contributed by atoms with Crippen molar-refractivity contribution in [2.45, 2.75) is 97.4 Å². The molecule has 1 N–H and O–H groups in total. The number of rotatable bonds is 15. The summed E-state index contributed by atoms with van der Waals surface area (Å²) in [6.07, 6.45) is 9.91. The van der Waals surface area contributed by atoms with E-state index in [1.165, 1.54) is 38.7 Å². The van der Waals surface area contributed by atoms with Gasteiger partial charge in [0.05, 0.1) is 5.54 Å². The van der Waals surface area contributed by atoms with Crippen molar-refractivity contribution >= 4 is 17.7 Å². The van der Waals surface area contributed by atoms with Crippen molar-refractivity contribution in [2.24, 2.45) is 0 Å². The molecule has 0 spiro atoms. The fraction of sp³-hybridized carbons (Fsp3) is 0.640. The number of carbonyl (C=O) groups is 3. The first-order chi connectivity index (χ1) is 14.3. The molecule has 5 nitrogen and oxygen atoms in total. The molecule has 0 saturated carbocycles. The lowest BCUT2D eigenvalue weighted by molar-refractivity contribution is -0.144. The van der Waals surface area contributed by atoms with Gasteiger partial charge >= 0.3 is 5.97 Å². The monoisotopic (exact) mass is 417 g/mol. The van der Waals surface area contributed by atoms with E-state index in [1.807, 2.05) is 31.2 Å². The molecule has 0 bridgehead atoms. The molecule has 168 valence electrons. The number of carbonyl (C=O) groups excluding carboxylic acids is 3. The van der Waals surface area contributed by atoms with E-state index in [1.54, 1.807) is 0 Å². The summed E-state index contributed by atoms with van der Waals surface area (Å²) in [5.74, 6) is -0.243. The van der Waals surface area contributed by atoms with Crippen LogP contribution in [0.1, 0.15) is 101 Å². The molecule has 0 aliphatic heterocycles. The van der Waals surface area contributed by atoms with Crippen LogP contribution < -0.4 is 5.32 Å². The van der Waals surface area contributed by atoms with Gasteiger partial charge in [-0.3, -0.25) is 14.4 Å². The second kappa shape index (κ2) is 13.9. The topological polar surface area (TPSA) is 72.5 Å². The van der Waals surface area contributed by atoms with Crippen LogP contribution in [-0.4, -0.2) is 29.8 Å². The van der Waals surface area contributed by atoms with Crippen molar-refractivity contribution in [1.82, 2.24) is 5.32 Å². The van der Waals surface area contributed by atoms with Gasteiger partial charge in [0, 0.05) is 25.8 Å². The predicted molar refractivity (Wildman–Crippen MR) is 121 cm³/mol. The number of esters is 1. The summed E-state index contributed by atoms with van der Waals surface area (Å²) in [7, 11) is 0. The summed E-state index contributed by atoms with van der Waals surface area (Å²) in [4.78, 5) is 34.9. The summed E-state index contributed by atoms with van der Waals surface area (Å²) >= 11 is 0. The van der Waals surface area contributed by atoms with Crippen LogP contribution in [0.2, 0.25) is 0 Å². The van der Waals surface area contributed by atoms with Crippen LogP contribution in [0.5, 0.6) is 0 Å². The summed E-state index contributed by atoms with van der Waals surface area (Å²) in [5.41, 5.74) is 1.45. The van der Waals surface area contributed by atoms with Gasteiger partial charge in [0.1, 0.15) is 6.61 Å². The highest BCUT2D eigenvalue weighted by molar-refractivity contribution is 5.96. The van der Waals surface area contributed by atoms with Crippen LogP contribution >= 0.6 is 0 Å². The average Bonchev–Trinajstić information content (AvgIpc) is 2.69. The van der Waals surface area contributed by atoms with Crippen LogP contribution in [0, 0.1) is 0 Å². The Bertz CT molecular complexity index is 668. The molecule has 1 aromatic carbocycles. The lowest BCUT2D eigenvalue weighted by Gasteiger charge is -2.29. The van der Waals surface area contributed by atoms with Gasteiger partial charge in [-0.1, -0.05) is 63.3 Å². The Balaban J connectivity index is 2.40.